The van der Waals surface area contributed by atoms with Crippen LogP contribution < -0.4 is 0 Å². The molecule has 1 aliphatic rings. The van der Waals surface area contributed by atoms with Gasteiger partial charge in [-0.1, -0.05) is 23.8 Å². The maximum Gasteiger partial charge on any atom is 0.243 e. The van der Waals surface area contributed by atoms with Crippen molar-refractivity contribution in [2.45, 2.75) is 24.3 Å². The Balaban J connectivity index is 2.21. The molecule has 86 valence electrons. The minimum atomic E-state index is -3.27. The Labute approximate surface area is 96.4 Å². The lowest BCUT2D eigenvalue weighted by molar-refractivity contribution is 0.552. The van der Waals surface area contributed by atoms with Gasteiger partial charge in [0.1, 0.15) is 0 Å². The smallest absolute Gasteiger partial charge is 0.207 e. The molecule has 0 spiro atoms. The quantitative estimate of drug-likeness (QED) is 0.593. The van der Waals surface area contributed by atoms with E-state index >= 15 is 0 Å². The van der Waals surface area contributed by atoms with Crippen molar-refractivity contribution in [3.8, 4) is 0 Å². The van der Waals surface area contributed by atoms with Crippen molar-refractivity contribution in [1.82, 2.24) is 4.31 Å². The van der Waals surface area contributed by atoms with E-state index in [1.54, 1.807) is 18.2 Å². The van der Waals surface area contributed by atoms with Crippen LogP contribution in [0.15, 0.2) is 41.8 Å². The van der Waals surface area contributed by atoms with Gasteiger partial charge < -0.3 is 0 Å². The fourth-order valence-corrected chi connectivity index (χ4v) is 3.28. The molecule has 2 rings (SSSR count). The molecule has 1 saturated heterocycles. The van der Waals surface area contributed by atoms with Gasteiger partial charge in [-0.15, -0.1) is 6.58 Å². The summed E-state index contributed by atoms with van der Waals surface area (Å²) in [7, 11) is -3.27. The third-order valence-corrected chi connectivity index (χ3v) is 4.66. The second-order valence-corrected chi connectivity index (χ2v) is 5.96. The highest BCUT2D eigenvalue weighted by Gasteiger charge is 2.43. The highest BCUT2D eigenvalue weighted by molar-refractivity contribution is 7.89. The molecule has 4 heteroatoms. The summed E-state index contributed by atoms with van der Waals surface area (Å²) >= 11 is 0. The average Bonchev–Trinajstić information content (AvgIpc) is 2.99. The Kier molecular flexibility index (Phi) is 2.86. The first kappa shape index (κ1) is 11.4. The molecule has 1 aliphatic heterocycles. The van der Waals surface area contributed by atoms with Gasteiger partial charge in [-0.05, 0) is 25.5 Å². The van der Waals surface area contributed by atoms with Crippen LogP contribution in [0.5, 0.6) is 0 Å². The predicted molar refractivity (Wildman–Crippen MR) is 63.7 cm³/mol. The van der Waals surface area contributed by atoms with Gasteiger partial charge in [0.25, 0.3) is 0 Å². The molecule has 1 fully saturated rings. The molecule has 0 aliphatic carbocycles. The molecular formula is C12H15NO2S. The van der Waals surface area contributed by atoms with Crippen LogP contribution in [0.25, 0.3) is 0 Å². The summed E-state index contributed by atoms with van der Waals surface area (Å²) in [4.78, 5) is 0.379. The van der Waals surface area contributed by atoms with E-state index in [9.17, 15) is 8.42 Å². The fraction of sp³-hybridized carbons (Fsp3) is 0.333. The minimum absolute atomic E-state index is 0.115. The first-order valence-electron chi connectivity index (χ1n) is 5.25. The van der Waals surface area contributed by atoms with Gasteiger partial charge in [-0.25, -0.2) is 8.42 Å². The van der Waals surface area contributed by atoms with Crippen LogP contribution in [0.4, 0.5) is 0 Å². The van der Waals surface area contributed by atoms with Gasteiger partial charge in [0.05, 0.1) is 4.90 Å². The maximum atomic E-state index is 12.1. The van der Waals surface area contributed by atoms with Gasteiger partial charge >= 0.3 is 0 Å². The van der Waals surface area contributed by atoms with E-state index < -0.39 is 10.0 Å². The zero-order valence-corrected chi connectivity index (χ0v) is 10.1. The maximum absolute atomic E-state index is 12.1. The Morgan fingerprint density at radius 2 is 2.06 bits per heavy atom. The molecule has 16 heavy (non-hydrogen) atoms. The van der Waals surface area contributed by atoms with Crippen LogP contribution in [-0.4, -0.2) is 25.3 Å². The predicted octanol–water partition coefficient (Wildman–Crippen LogP) is 1.94. The van der Waals surface area contributed by atoms with Gasteiger partial charge in [-0.3, -0.25) is 0 Å². The van der Waals surface area contributed by atoms with Gasteiger partial charge in [0, 0.05) is 12.6 Å². The monoisotopic (exact) mass is 237 g/mol. The molecule has 1 heterocycles. The molecule has 1 aromatic carbocycles. The second kappa shape index (κ2) is 4.03. The molecule has 0 N–H and O–H groups in total. The molecule has 0 bridgehead atoms. The fourth-order valence-electron chi connectivity index (χ4n) is 1.69. The summed E-state index contributed by atoms with van der Waals surface area (Å²) in [5.41, 5.74) is 1.06. The first-order valence-corrected chi connectivity index (χ1v) is 6.69. The van der Waals surface area contributed by atoms with E-state index in [0.717, 1.165) is 12.0 Å². The molecular weight excluding hydrogens is 222 g/mol. The van der Waals surface area contributed by atoms with Crippen molar-refractivity contribution in [2.24, 2.45) is 0 Å². The zero-order valence-electron chi connectivity index (χ0n) is 9.26. The lowest BCUT2D eigenvalue weighted by atomic mass is 10.2. The Morgan fingerprint density at radius 3 is 2.62 bits per heavy atom. The van der Waals surface area contributed by atoms with Gasteiger partial charge in [0.15, 0.2) is 0 Å². The molecule has 0 radical (unpaired) electrons. The SMILES string of the molecule is C=CC[C@H]1CN1S(=O)(=O)c1ccc(C)cc1. The van der Waals surface area contributed by atoms with Crippen LogP contribution in [-0.2, 0) is 10.0 Å². The van der Waals surface area contributed by atoms with E-state index in [-0.39, 0.29) is 6.04 Å². The van der Waals surface area contributed by atoms with Crippen molar-refractivity contribution in [3.63, 3.8) is 0 Å². The van der Waals surface area contributed by atoms with Gasteiger partial charge in [0.2, 0.25) is 10.0 Å². The summed E-state index contributed by atoms with van der Waals surface area (Å²) in [5.74, 6) is 0. The third-order valence-electron chi connectivity index (χ3n) is 2.73. The normalized spacial score (nSPS) is 24.1. The largest absolute Gasteiger partial charge is 0.243 e. The van der Waals surface area contributed by atoms with E-state index in [1.165, 1.54) is 4.31 Å². The van der Waals surface area contributed by atoms with Crippen LogP contribution in [0, 0.1) is 6.92 Å². The molecule has 0 amide bonds. The summed E-state index contributed by atoms with van der Waals surface area (Å²) in [5, 5.41) is 0. The zero-order chi connectivity index (χ0) is 11.8. The van der Waals surface area contributed by atoms with Crippen molar-refractivity contribution in [2.75, 3.05) is 6.54 Å². The average molecular weight is 237 g/mol. The minimum Gasteiger partial charge on any atom is -0.207 e. The van der Waals surface area contributed by atoms with Crippen molar-refractivity contribution >= 4 is 10.0 Å². The lowest BCUT2D eigenvalue weighted by Crippen LogP contribution is -2.14. The second-order valence-electron chi connectivity index (χ2n) is 4.07. The Bertz CT molecular complexity index is 490. The lowest BCUT2D eigenvalue weighted by Gasteiger charge is -2.05. The van der Waals surface area contributed by atoms with Crippen LogP contribution in [0.1, 0.15) is 12.0 Å². The van der Waals surface area contributed by atoms with E-state index in [2.05, 4.69) is 6.58 Å². The highest BCUT2D eigenvalue weighted by Crippen LogP contribution is 2.30. The topological polar surface area (TPSA) is 37.1 Å². The number of sulfonamides is 1. The summed E-state index contributed by atoms with van der Waals surface area (Å²) in [6.45, 7) is 6.17. The molecule has 0 saturated carbocycles. The standard InChI is InChI=1S/C12H15NO2S/c1-3-4-11-9-13(11)16(14,15)12-7-5-10(2)6-8-12/h3,5-8,11H,1,4,9H2,2H3/t11-,13?/m0/s1. The van der Waals surface area contributed by atoms with Crippen LogP contribution >= 0.6 is 0 Å². The summed E-state index contributed by atoms with van der Waals surface area (Å²) in [6.07, 6.45) is 2.49. The Hall–Kier alpha value is -1.13. The number of hydrogen-bond acceptors (Lipinski definition) is 2. The first-order chi connectivity index (χ1) is 7.55. The van der Waals surface area contributed by atoms with Crippen molar-refractivity contribution < 1.29 is 8.42 Å². The molecule has 2 atom stereocenters. The number of hydrogen-bond donors (Lipinski definition) is 0. The van der Waals surface area contributed by atoms with Crippen molar-refractivity contribution in [3.05, 3.63) is 42.5 Å². The molecule has 0 aromatic heterocycles. The van der Waals surface area contributed by atoms with E-state index in [1.807, 2.05) is 19.1 Å². The number of nitrogens with zero attached hydrogens (tertiary/aromatic N) is 1. The van der Waals surface area contributed by atoms with Crippen LogP contribution in [0.3, 0.4) is 0 Å². The Morgan fingerprint density at radius 1 is 1.44 bits per heavy atom. The summed E-state index contributed by atoms with van der Waals surface area (Å²) < 4.78 is 25.7. The third kappa shape index (κ3) is 2.03. The number of rotatable bonds is 4. The van der Waals surface area contributed by atoms with Crippen LogP contribution in [0.2, 0.25) is 0 Å². The number of aryl methyl sites for hydroxylation is 1. The molecule has 3 nitrogen and oxygen atoms in total. The molecule has 1 unspecified atom stereocenters. The number of benzene rings is 1. The highest BCUT2D eigenvalue weighted by atomic mass is 32.2. The van der Waals surface area contributed by atoms with Crippen molar-refractivity contribution in [1.29, 1.82) is 0 Å². The van der Waals surface area contributed by atoms with Gasteiger partial charge in [-0.2, -0.15) is 4.31 Å². The summed E-state index contributed by atoms with van der Waals surface area (Å²) in [6, 6.07) is 7.07. The van der Waals surface area contributed by atoms with E-state index in [4.69, 9.17) is 0 Å². The molecule has 1 aromatic rings. The van der Waals surface area contributed by atoms with E-state index in [0.29, 0.717) is 11.4 Å².